The molecule has 0 aromatic heterocycles. The fourth-order valence-electron chi connectivity index (χ4n) is 2.41. The predicted molar refractivity (Wildman–Crippen MR) is 83.0 cm³/mol. The molecule has 1 fully saturated rings. The number of benzene rings is 1. The Morgan fingerprint density at radius 2 is 2.24 bits per heavy atom. The second-order valence-corrected chi connectivity index (χ2v) is 7.37. The standard InChI is InChI=1S/C14H21ClN2O3S/c1-10(14-4-3-7-20-14)17-21(18,19)12-6-5-11(9-16-2)13(15)8-12/h5-6,8,10,14,16-17H,3-4,7,9H2,1-2H3. The molecule has 1 heterocycles. The molecule has 7 heteroatoms. The summed E-state index contributed by atoms with van der Waals surface area (Å²) in [5.74, 6) is 0. The maximum absolute atomic E-state index is 12.4. The average molecular weight is 333 g/mol. The molecule has 2 atom stereocenters. The van der Waals surface area contributed by atoms with Gasteiger partial charge in [-0.3, -0.25) is 0 Å². The van der Waals surface area contributed by atoms with Gasteiger partial charge in [-0.1, -0.05) is 17.7 Å². The van der Waals surface area contributed by atoms with Crippen LogP contribution in [0.5, 0.6) is 0 Å². The number of halogens is 1. The van der Waals surface area contributed by atoms with Crippen LogP contribution in [0.4, 0.5) is 0 Å². The number of ether oxygens (including phenoxy) is 1. The number of nitrogens with one attached hydrogen (secondary N) is 2. The highest BCUT2D eigenvalue weighted by Gasteiger charge is 2.27. The zero-order valence-electron chi connectivity index (χ0n) is 12.2. The third-order valence-corrected chi connectivity index (χ3v) is 5.47. The molecule has 0 bridgehead atoms. The van der Waals surface area contributed by atoms with Gasteiger partial charge < -0.3 is 10.1 Å². The molecule has 0 radical (unpaired) electrons. The molecule has 2 N–H and O–H groups in total. The van der Waals surface area contributed by atoms with Gasteiger partial charge in [0.25, 0.3) is 0 Å². The van der Waals surface area contributed by atoms with Crippen molar-refractivity contribution in [3.8, 4) is 0 Å². The van der Waals surface area contributed by atoms with E-state index in [9.17, 15) is 8.42 Å². The third-order valence-electron chi connectivity index (χ3n) is 3.57. The van der Waals surface area contributed by atoms with E-state index in [2.05, 4.69) is 10.0 Å². The number of rotatable bonds is 6. The van der Waals surface area contributed by atoms with E-state index in [1.807, 2.05) is 14.0 Å². The second-order valence-electron chi connectivity index (χ2n) is 5.24. The Balaban J connectivity index is 2.13. The zero-order chi connectivity index (χ0) is 15.5. The van der Waals surface area contributed by atoms with E-state index in [1.54, 1.807) is 12.1 Å². The van der Waals surface area contributed by atoms with Crippen LogP contribution >= 0.6 is 11.6 Å². The fraction of sp³-hybridized carbons (Fsp3) is 0.571. The Morgan fingerprint density at radius 1 is 1.48 bits per heavy atom. The van der Waals surface area contributed by atoms with Crippen LogP contribution in [0.1, 0.15) is 25.3 Å². The first-order chi connectivity index (χ1) is 9.94. The first-order valence-corrected chi connectivity index (χ1v) is 8.87. The molecule has 1 aromatic carbocycles. The lowest BCUT2D eigenvalue weighted by atomic mass is 10.1. The highest BCUT2D eigenvalue weighted by Crippen LogP contribution is 2.22. The van der Waals surface area contributed by atoms with Gasteiger partial charge in [0.1, 0.15) is 0 Å². The quantitative estimate of drug-likeness (QED) is 0.835. The molecule has 1 saturated heterocycles. The molecule has 118 valence electrons. The Labute approximate surface area is 131 Å². The number of hydrogen-bond donors (Lipinski definition) is 2. The maximum Gasteiger partial charge on any atom is 0.240 e. The van der Waals surface area contributed by atoms with Crippen molar-refractivity contribution in [2.24, 2.45) is 0 Å². The molecule has 2 unspecified atom stereocenters. The van der Waals surface area contributed by atoms with Crippen molar-refractivity contribution in [3.63, 3.8) is 0 Å². The summed E-state index contributed by atoms with van der Waals surface area (Å²) in [5, 5.41) is 3.43. The predicted octanol–water partition coefficient (Wildman–Crippen LogP) is 1.91. The van der Waals surface area contributed by atoms with Gasteiger partial charge in [0.2, 0.25) is 10.0 Å². The topological polar surface area (TPSA) is 67.4 Å². The van der Waals surface area contributed by atoms with E-state index in [4.69, 9.17) is 16.3 Å². The molecular weight excluding hydrogens is 312 g/mol. The smallest absolute Gasteiger partial charge is 0.240 e. The normalized spacial score (nSPS) is 20.6. The van der Waals surface area contributed by atoms with Crippen molar-refractivity contribution in [3.05, 3.63) is 28.8 Å². The molecule has 0 aliphatic carbocycles. The molecule has 21 heavy (non-hydrogen) atoms. The summed E-state index contributed by atoms with van der Waals surface area (Å²) in [6.45, 7) is 3.12. The summed E-state index contributed by atoms with van der Waals surface area (Å²) in [6.07, 6.45) is 1.80. The van der Waals surface area contributed by atoms with Crippen LogP contribution in [-0.2, 0) is 21.3 Å². The molecule has 0 spiro atoms. The average Bonchev–Trinajstić information content (AvgIpc) is 2.95. The van der Waals surface area contributed by atoms with Crippen molar-refractivity contribution in [1.82, 2.24) is 10.0 Å². The molecule has 1 aliphatic rings. The minimum atomic E-state index is -3.59. The monoisotopic (exact) mass is 332 g/mol. The first-order valence-electron chi connectivity index (χ1n) is 7.01. The summed E-state index contributed by atoms with van der Waals surface area (Å²) < 4.78 is 32.9. The minimum Gasteiger partial charge on any atom is -0.377 e. The lowest BCUT2D eigenvalue weighted by Gasteiger charge is -2.20. The summed E-state index contributed by atoms with van der Waals surface area (Å²) in [4.78, 5) is 0.178. The SMILES string of the molecule is CNCc1ccc(S(=O)(=O)NC(C)C2CCCO2)cc1Cl. The van der Waals surface area contributed by atoms with Gasteiger partial charge in [-0.15, -0.1) is 0 Å². The van der Waals surface area contributed by atoms with E-state index in [-0.39, 0.29) is 17.0 Å². The molecule has 0 saturated carbocycles. The van der Waals surface area contributed by atoms with E-state index in [0.29, 0.717) is 18.2 Å². The zero-order valence-corrected chi connectivity index (χ0v) is 13.8. The number of sulfonamides is 1. The van der Waals surface area contributed by atoms with Crippen LogP contribution in [0.3, 0.4) is 0 Å². The first kappa shape index (κ1) is 16.7. The summed E-state index contributed by atoms with van der Waals surface area (Å²) >= 11 is 6.12. The molecule has 1 aromatic rings. The van der Waals surface area contributed by atoms with Crippen molar-refractivity contribution >= 4 is 21.6 Å². The van der Waals surface area contributed by atoms with Gasteiger partial charge in [0.15, 0.2) is 0 Å². The van der Waals surface area contributed by atoms with Crippen LogP contribution in [-0.4, -0.2) is 34.2 Å². The molecular formula is C14H21ClN2O3S. The van der Waals surface area contributed by atoms with Crippen LogP contribution in [0.25, 0.3) is 0 Å². The Hall–Kier alpha value is -0.660. The largest absolute Gasteiger partial charge is 0.377 e. The highest BCUT2D eigenvalue weighted by atomic mass is 35.5. The van der Waals surface area contributed by atoms with Crippen LogP contribution in [0.2, 0.25) is 5.02 Å². The summed E-state index contributed by atoms with van der Waals surface area (Å²) in [7, 11) is -1.77. The van der Waals surface area contributed by atoms with Gasteiger partial charge in [-0.05, 0) is 44.5 Å². The van der Waals surface area contributed by atoms with Crippen LogP contribution < -0.4 is 10.0 Å². The Morgan fingerprint density at radius 3 is 2.81 bits per heavy atom. The maximum atomic E-state index is 12.4. The summed E-state index contributed by atoms with van der Waals surface area (Å²) in [6, 6.07) is 4.53. The molecule has 2 rings (SSSR count). The van der Waals surface area contributed by atoms with Crippen molar-refractivity contribution in [1.29, 1.82) is 0 Å². The van der Waals surface area contributed by atoms with Gasteiger partial charge in [0, 0.05) is 24.2 Å². The van der Waals surface area contributed by atoms with Crippen LogP contribution in [0.15, 0.2) is 23.1 Å². The number of hydrogen-bond acceptors (Lipinski definition) is 4. The Bertz CT molecular complexity index is 586. The minimum absolute atomic E-state index is 0.0567. The van der Waals surface area contributed by atoms with Crippen LogP contribution in [0, 0.1) is 0 Å². The van der Waals surface area contributed by atoms with E-state index >= 15 is 0 Å². The van der Waals surface area contributed by atoms with Gasteiger partial charge in [-0.25, -0.2) is 13.1 Å². The van der Waals surface area contributed by atoms with Gasteiger partial charge >= 0.3 is 0 Å². The van der Waals surface area contributed by atoms with Crippen molar-refractivity contribution in [2.75, 3.05) is 13.7 Å². The third kappa shape index (κ3) is 4.17. The lowest BCUT2D eigenvalue weighted by Crippen LogP contribution is -2.40. The van der Waals surface area contributed by atoms with E-state index < -0.39 is 10.0 Å². The van der Waals surface area contributed by atoms with E-state index in [1.165, 1.54) is 6.07 Å². The van der Waals surface area contributed by atoms with E-state index in [0.717, 1.165) is 18.4 Å². The van der Waals surface area contributed by atoms with Crippen molar-refractivity contribution in [2.45, 2.75) is 43.4 Å². The lowest BCUT2D eigenvalue weighted by molar-refractivity contribution is 0.0902. The van der Waals surface area contributed by atoms with Gasteiger partial charge in [-0.2, -0.15) is 0 Å². The Kier molecular flexibility index (Phi) is 5.62. The molecule has 1 aliphatic heterocycles. The highest BCUT2D eigenvalue weighted by molar-refractivity contribution is 7.89. The fourth-order valence-corrected chi connectivity index (χ4v) is 4.02. The molecule has 0 amide bonds. The van der Waals surface area contributed by atoms with Gasteiger partial charge in [0.05, 0.1) is 11.0 Å². The molecule has 5 nitrogen and oxygen atoms in total. The van der Waals surface area contributed by atoms with Crippen molar-refractivity contribution < 1.29 is 13.2 Å². The second kappa shape index (κ2) is 7.07. The summed E-state index contributed by atoms with van der Waals surface area (Å²) in [5.41, 5.74) is 0.866.